The maximum Gasteiger partial charge on any atom is 0.147 e. The number of nitrogens with zero attached hydrogens (tertiary/aromatic N) is 3. The second-order valence-corrected chi connectivity index (χ2v) is 4.90. The minimum atomic E-state index is 0.263. The van der Waals surface area contributed by atoms with E-state index in [1.807, 2.05) is 6.07 Å². The molecule has 1 aromatic heterocycles. The van der Waals surface area contributed by atoms with Crippen LogP contribution in [-0.4, -0.2) is 9.55 Å². The lowest BCUT2D eigenvalue weighted by Crippen LogP contribution is -2.04. The highest BCUT2D eigenvalue weighted by atomic mass is 79.9. The molecule has 92 valence electrons. The smallest absolute Gasteiger partial charge is 0.147 e. The van der Waals surface area contributed by atoms with Gasteiger partial charge in [-0.15, -0.1) is 0 Å². The molecule has 0 N–H and O–H groups in total. The van der Waals surface area contributed by atoms with Crippen LogP contribution in [0.4, 0.5) is 0 Å². The van der Waals surface area contributed by atoms with Gasteiger partial charge < -0.3 is 9.30 Å². The lowest BCUT2D eigenvalue weighted by molar-refractivity contribution is 0.291. The molecule has 0 aliphatic heterocycles. The summed E-state index contributed by atoms with van der Waals surface area (Å²) >= 11 is 9.18. The van der Waals surface area contributed by atoms with E-state index in [9.17, 15) is 0 Å². The van der Waals surface area contributed by atoms with Crippen molar-refractivity contribution < 1.29 is 4.74 Å². The van der Waals surface area contributed by atoms with Crippen LogP contribution >= 0.6 is 27.5 Å². The molecule has 2 rings (SSSR count). The molecule has 0 spiro atoms. The average molecular weight is 327 g/mol. The summed E-state index contributed by atoms with van der Waals surface area (Å²) in [6.45, 7) is 0.263. The predicted octanol–water partition coefficient (Wildman–Crippen LogP) is 3.29. The largest absolute Gasteiger partial charge is 0.484 e. The van der Waals surface area contributed by atoms with E-state index in [2.05, 4.69) is 27.0 Å². The van der Waals surface area contributed by atoms with Crippen LogP contribution in [0.2, 0.25) is 5.15 Å². The molecule has 0 atom stereocenters. The van der Waals surface area contributed by atoms with Crippen LogP contribution < -0.4 is 4.74 Å². The van der Waals surface area contributed by atoms with Crippen molar-refractivity contribution in [3.05, 3.63) is 45.4 Å². The highest BCUT2D eigenvalue weighted by Gasteiger charge is 2.08. The summed E-state index contributed by atoms with van der Waals surface area (Å²) < 4.78 is 8.15. The standard InChI is InChI=1S/C12H9BrClN3O/c1-17-11(14)6-16-12(17)7-18-10-3-2-9(13)4-8(10)5-15/h2-4,6H,7H2,1H3. The molecule has 18 heavy (non-hydrogen) atoms. The van der Waals surface area contributed by atoms with Crippen molar-refractivity contribution >= 4 is 27.5 Å². The van der Waals surface area contributed by atoms with Gasteiger partial charge in [0, 0.05) is 11.5 Å². The molecule has 0 fully saturated rings. The van der Waals surface area contributed by atoms with Crippen LogP contribution in [0.25, 0.3) is 0 Å². The first kappa shape index (κ1) is 12.9. The van der Waals surface area contributed by atoms with E-state index >= 15 is 0 Å². The Balaban J connectivity index is 2.16. The summed E-state index contributed by atoms with van der Waals surface area (Å²) in [7, 11) is 1.81. The molecule has 0 aliphatic carbocycles. The summed E-state index contributed by atoms with van der Waals surface area (Å²) in [6, 6.07) is 7.36. The topological polar surface area (TPSA) is 50.8 Å². The number of imidazole rings is 1. The van der Waals surface area contributed by atoms with Crippen molar-refractivity contribution in [1.29, 1.82) is 5.26 Å². The van der Waals surface area contributed by atoms with Crippen molar-refractivity contribution in [3.63, 3.8) is 0 Å². The molecular weight excluding hydrogens is 318 g/mol. The minimum absolute atomic E-state index is 0.263. The van der Waals surface area contributed by atoms with E-state index in [0.29, 0.717) is 22.3 Å². The maximum atomic E-state index is 9.01. The van der Waals surface area contributed by atoms with Crippen molar-refractivity contribution in [2.75, 3.05) is 0 Å². The van der Waals surface area contributed by atoms with Crippen LogP contribution in [-0.2, 0) is 13.7 Å². The van der Waals surface area contributed by atoms with Gasteiger partial charge in [0.05, 0.1) is 11.8 Å². The quantitative estimate of drug-likeness (QED) is 0.869. The van der Waals surface area contributed by atoms with E-state index in [-0.39, 0.29) is 6.61 Å². The second-order valence-electron chi connectivity index (χ2n) is 3.60. The Morgan fingerprint density at radius 2 is 2.33 bits per heavy atom. The minimum Gasteiger partial charge on any atom is -0.484 e. The third-order valence-corrected chi connectivity index (χ3v) is 3.29. The number of aromatic nitrogens is 2. The fraction of sp³-hybridized carbons (Fsp3) is 0.167. The molecule has 0 unspecified atom stereocenters. The van der Waals surface area contributed by atoms with Gasteiger partial charge in [-0.05, 0) is 18.2 Å². The molecule has 0 aliphatic rings. The van der Waals surface area contributed by atoms with Gasteiger partial charge in [0.2, 0.25) is 0 Å². The summed E-state index contributed by atoms with van der Waals surface area (Å²) in [5.74, 6) is 1.23. The average Bonchev–Trinajstić information content (AvgIpc) is 2.68. The third-order valence-electron chi connectivity index (χ3n) is 2.45. The molecule has 1 heterocycles. The zero-order valence-electron chi connectivity index (χ0n) is 9.52. The molecule has 0 amide bonds. The highest BCUT2D eigenvalue weighted by Crippen LogP contribution is 2.23. The summed E-state index contributed by atoms with van der Waals surface area (Å²) in [6.07, 6.45) is 1.56. The summed E-state index contributed by atoms with van der Waals surface area (Å²) in [5.41, 5.74) is 0.477. The maximum absolute atomic E-state index is 9.01. The van der Waals surface area contributed by atoms with E-state index in [1.165, 1.54) is 0 Å². The fourth-order valence-corrected chi connectivity index (χ4v) is 1.92. The fourth-order valence-electron chi connectivity index (χ4n) is 1.42. The molecular formula is C12H9BrClN3O. The van der Waals surface area contributed by atoms with Gasteiger partial charge in [-0.2, -0.15) is 5.26 Å². The molecule has 1 aromatic carbocycles. The van der Waals surface area contributed by atoms with Crippen LogP contribution in [0.1, 0.15) is 11.4 Å². The number of ether oxygens (including phenoxy) is 1. The zero-order chi connectivity index (χ0) is 13.1. The highest BCUT2D eigenvalue weighted by molar-refractivity contribution is 9.10. The van der Waals surface area contributed by atoms with Crippen LogP contribution in [0.3, 0.4) is 0 Å². The van der Waals surface area contributed by atoms with E-state index < -0.39 is 0 Å². The SMILES string of the molecule is Cn1c(Cl)cnc1COc1ccc(Br)cc1C#N. The lowest BCUT2D eigenvalue weighted by Gasteiger charge is -2.08. The van der Waals surface area contributed by atoms with Crippen molar-refractivity contribution in [3.8, 4) is 11.8 Å². The molecule has 0 saturated heterocycles. The van der Waals surface area contributed by atoms with E-state index in [0.717, 1.165) is 4.47 Å². The Kier molecular flexibility index (Phi) is 3.90. The number of nitriles is 1. The zero-order valence-corrected chi connectivity index (χ0v) is 11.9. The number of benzene rings is 1. The van der Waals surface area contributed by atoms with Gasteiger partial charge in [-0.1, -0.05) is 27.5 Å². The summed E-state index contributed by atoms with van der Waals surface area (Å²) in [4.78, 5) is 4.12. The lowest BCUT2D eigenvalue weighted by atomic mass is 10.2. The van der Waals surface area contributed by atoms with E-state index in [1.54, 1.807) is 29.9 Å². The first-order valence-electron chi connectivity index (χ1n) is 5.10. The number of hydrogen-bond donors (Lipinski definition) is 0. The first-order valence-corrected chi connectivity index (χ1v) is 6.27. The third kappa shape index (κ3) is 2.66. The number of hydrogen-bond acceptors (Lipinski definition) is 3. The van der Waals surface area contributed by atoms with Crippen molar-refractivity contribution in [1.82, 2.24) is 9.55 Å². The van der Waals surface area contributed by atoms with Crippen LogP contribution in [0, 0.1) is 11.3 Å². The Hall–Kier alpha value is -1.51. The molecule has 0 bridgehead atoms. The Bertz CT molecular complexity index is 618. The van der Waals surface area contributed by atoms with Crippen molar-refractivity contribution in [2.24, 2.45) is 7.05 Å². The van der Waals surface area contributed by atoms with Gasteiger partial charge in [0.25, 0.3) is 0 Å². The van der Waals surface area contributed by atoms with Gasteiger partial charge in [0.15, 0.2) is 0 Å². The Morgan fingerprint density at radius 1 is 1.56 bits per heavy atom. The van der Waals surface area contributed by atoms with Gasteiger partial charge >= 0.3 is 0 Å². The number of halogens is 2. The predicted molar refractivity (Wildman–Crippen MR) is 71.4 cm³/mol. The Morgan fingerprint density at radius 3 is 2.94 bits per heavy atom. The normalized spacial score (nSPS) is 10.1. The first-order chi connectivity index (χ1) is 8.61. The Labute approximate surface area is 118 Å². The van der Waals surface area contributed by atoms with Gasteiger partial charge in [0.1, 0.15) is 29.4 Å². The molecule has 2 aromatic rings. The monoisotopic (exact) mass is 325 g/mol. The second kappa shape index (κ2) is 5.42. The molecule has 0 saturated carbocycles. The van der Waals surface area contributed by atoms with Crippen LogP contribution in [0.5, 0.6) is 5.75 Å². The molecule has 6 heteroatoms. The van der Waals surface area contributed by atoms with Crippen molar-refractivity contribution in [2.45, 2.75) is 6.61 Å². The molecule has 0 radical (unpaired) electrons. The molecule has 4 nitrogen and oxygen atoms in total. The number of rotatable bonds is 3. The summed E-state index contributed by atoms with van der Waals surface area (Å²) in [5, 5.41) is 9.55. The van der Waals surface area contributed by atoms with Gasteiger partial charge in [-0.25, -0.2) is 4.98 Å². The van der Waals surface area contributed by atoms with Gasteiger partial charge in [-0.3, -0.25) is 0 Å². The van der Waals surface area contributed by atoms with Crippen LogP contribution in [0.15, 0.2) is 28.9 Å². The van der Waals surface area contributed by atoms with E-state index in [4.69, 9.17) is 21.6 Å².